The lowest BCUT2D eigenvalue weighted by atomic mass is 10.2. The first-order chi connectivity index (χ1) is 11.6. The molecule has 9 heteroatoms. The molecule has 0 radical (unpaired) electrons. The fourth-order valence-corrected chi connectivity index (χ4v) is 2.60. The van der Waals surface area contributed by atoms with E-state index in [1.165, 1.54) is 0 Å². The highest BCUT2D eigenvalue weighted by Crippen LogP contribution is 2.20. The third-order valence-electron chi connectivity index (χ3n) is 3.91. The van der Waals surface area contributed by atoms with E-state index < -0.39 is 0 Å². The molecule has 24 heavy (non-hydrogen) atoms. The van der Waals surface area contributed by atoms with Crippen molar-refractivity contribution in [3.05, 3.63) is 23.2 Å². The van der Waals surface area contributed by atoms with Gasteiger partial charge in [-0.1, -0.05) is 17.2 Å². The SMILES string of the molecule is CCc1nc(CC2CN(C(=O)Nc3c(C)noc3C)CCO2)no1. The largest absolute Gasteiger partial charge is 0.374 e. The van der Waals surface area contributed by atoms with E-state index in [0.29, 0.717) is 61.4 Å². The second-order valence-corrected chi connectivity index (χ2v) is 5.73. The molecule has 130 valence electrons. The summed E-state index contributed by atoms with van der Waals surface area (Å²) in [6, 6.07) is -0.194. The third-order valence-corrected chi connectivity index (χ3v) is 3.91. The van der Waals surface area contributed by atoms with Crippen LogP contribution in [-0.2, 0) is 17.6 Å². The van der Waals surface area contributed by atoms with Gasteiger partial charge in [-0.3, -0.25) is 0 Å². The van der Waals surface area contributed by atoms with Crippen LogP contribution < -0.4 is 5.32 Å². The first kappa shape index (κ1) is 16.4. The predicted molar refractivity (Wildman–Crippen MR) is 83.7 cm³/mol. The summed E-state index contributed by atoms with van der Waals surface area (Å²) >= 11 is 0. The molecule has 1 fully saturated rings. The molecule has 0 saturated carbocycles. The minimum absolute atomic E-state index is 0.156. The number of amides is 2. The Morgan fingerprint density at radius 1 is 1.33 bits per heavy atom. The van der Waals surface area contributed by atoms with Crippen LogP contribution in [0.5, 0.6) is 0 Å². The monoisotopic (exact) mass is 335 g/mol. The lowest BCUT2D eigenvalue weighted by Gasteiger charge is -2.32. The molecule has 1 unspecified atom stereocenters. The van der Waals surface area contributed by atoms with Crippen molar-refractivity contribution in [1.29, 1.82) is 0 Å². The zero-order chi connectivity index (χ0) is 17.1. The molecule has 1 saturated heterocycles. The van der Waals surface area contributed by atoms with Crippen LogP contribution in [0.3, 0.4) is 0 Å². The number of rotatable bonds is 4. The summed E-state index contributed by atoms with van der Waals surface area (Å²) in [6.07, 6.45) is 1.06. The Labute approximate surface area is 139 Å². The lowest BCUT2D eigenvalue weighted by molar-refractivity contribution is -0.0125. The maximum absolute atomic E-state index is 12.5. The van der Waals surface area contributed by atoms with Gasteiger partial charge >= 0.3 is 6.03 Å². The minimum atomic E-state index is -0.194. The number of nitrogens with one attached hydrogen (secondary N) is 1. The minimum Gasteiger partial charge on any atom is -0.374 e. The van der Waals surface area contributed by atoms with E-state index in [1.807, 2.05) is 6.92 Å². The average molecular weight is 335 g/mol. The van der Waals surface area contributed by atoms with Crippen LogP contribution in [0.25, 0.3) is 0 Å². The molecule has 3 heterocycles. The molecule has 1 aliphatic rings. The number of morpholine rings is 1. The Balaban J connectivity index is 1.59. The second-order valence-electron chi connectivity index (χ2n) is 5.73. The standard InChI is InChI=1S/C15H21N5O4/c1-4-13-16-12(19-24-13)7-11-8-20(5-6-22-11)15(21)17-14-9(2)18-23-10(14)3/h11H,4-8H2,1-3H3,(H,17,21). The summed E-state index contributed by atoms with van der Waals surface area (Å²) < 4.78 is 15.9. The Morgan fingerprint density at radius 2 is 2.17 bits per heavy atom. The quantitative estimate of drug-likeness (QED) is 0.906. The topological polar surface area (TPSA) is 107 Å². The lowest BCUT2D eigenvalue weighted by Crippen LogP contribution is -2.48. The maximum atomic E-state index is 12.5. The first-order valence-corrected chi connectivity index (χ1v) is 7.98. The molecule has 9 nitrogen and oxygen atoms in total. The Kier molecular flexibility index (Phi) is 4.79. The highest BCUT2D eigenvalue weighted by Gasteiger charge is 2.27. The van der Waals surface area contributed by atoms with E-state index in [-0.39, 0.29) is 12.1 Å². The van der Waals surface area contributed by atoms with Crippen LogP contribution in [0.2, 0.25) is 0 Å². The molecule has 0 spiro atoms. The second kappa shape index (κ2) is 7.00. The molecule has 1 N–H and O–H groups in total. The molecule has 2 amide bonds. The van der Waals surface area contributed by atoms with E-state index in [4.69, 9.17) is 13.8 Å². The van der Waals surface area contributed by atoms with Crippen LogP contribution in [0.15, 0.2) is 9.05 Å². The highest BCUT2D eigenvalue weighted by atomic mass is 16.5. The van der Waals surface area contributed by atoms with Crippen molar-refractivity contribution < 1.29 is 18.6 Å². The number of aromatic nitrogens is 3. The summed E-state index contributed by atoms with van der Waals surface area (Å²) in [6.45, 7) is 6.96. The predicted octanol–water partition coefficient (Wildman–Crippen LogP) is 1.71. The van der Waals surface area contributed by atoms with Crippen molar-refractivity contribution in [2.24, 2.45) is 0 Å². The molecule has 0 bridgehead atoms. The van der Waals surface area contributed by atoms with E-state index in [0.717, 1.165) is 0 Å². The fraction of sp³-hybridized carbons (Fsp3) is 0.600. The first-order valence-electron chi connectivity index (χ1n) is 7.98. The fourth-order valence-electron chi connectivity index (χ4n) is 2.60. The number of carbonyl (C=O) groups excluding carboxylic acids is 1. The van der Waals surface area contributed by atoms with Crippen molar-refractivity contribution in [2.45, 2.75) is 39.7 Å². The third kappa shape index (κ3) is 3.56. The van der Waals surface area contributed by atoms with Gasteiger partial charge in [-0.25, -0.2) is 4.79 Å². The van der Waals surface area contributed by atoms with Crippen LogP contribution >= 0.6 is 0 Å². The number of hydrogen-bond acceptors (Lipinski definition) is 7. The summed E-state index contributed by atoms with van der Waals surface area (Å²) in [5.41, 5.74) is 1.28. The number of carbonyl (C=O) groups is 1. The van der Waals surface area contributed by atoms with Gasteiger partial charge in [0.15, 0.2) is 11.6 Å². The molecule has 2 aromatic rings. The van der Waals surface area contributed by atoms with Crippen LogP contribution in [0, 0.1) is 13.8 Å². The summed E-state index contributed by atoms with van der Waals surface area (Å²) in [4.78, 5) is 18.4. The number of hydrogen-bond donors (Lipinski definition) is 1. The van der Waals surface area contributed by atoms with Crippen molar-refractivity contribution >= 4 is 11.7 Å². The van der Waals surface area contributed by atoms with Gasteiger partial charge in [-0.05, 0) is 13.8 Å². The summed E-state index contributed by atoms with van der Waals surface area (Å²) in [5, 5.41) is 10.6. The Bertz CT molecular complexity index is 691. The molecular formula is C15H21N5O4. The van der Waals surface area contributed by atoms with Gasteiger partial charge in [0.05, 0.1) is 12.7 Å². The van der Waals surface area contributed by atoms with Crippen LogP contribution in [0.4, 0.5) is 10.5 Å². The molecule has 2 aromatic heterocycles. The van der Waals surface area contributed by atoms with Gasteiger partial charge in [0.25, 0.3) is 0 Å². The molecule has 1 aliphatic heterocycles. The number of ether oxygens (including phenoxy) is 1. The van der Waals surface area contributed by atoms with Gasteiger partial charge in [0.2, 0.25) is 5.89 Å². The Hall–Kier alpha value is -2.42. The van der Waals surface area contributed by atoms with E-state index in [9.17, 15) is 4.79 Å². The van der Waals surface area contributed by atoms with Gasteiger partial charge in [-0.15, -0.1) is 0 Å². The van der Waals surface area contributed by atoms with E-state index in [1.54, 1.807) is 18.7 Å². The van der Waals surface area contributed by atoms with Crippen molar-refractivity contribution in [3.63, 3.8) is 0 Å². The average Bonchev–Trinajstić information content (AvgIpc) is 3.16. The molecule has 0 aromatic carbocycles. The van der Waals surface area contributed by atoms with E-state index in [2.05, 4.69) is 20.6 Å². The maximum Gasteiger partial charge on any atom is 0.322 e. The summed E-state index contributed by atoms with van der Waals surface area (Å²) in [5.74, 6) is 1.79. The smallest absolute Gasteiger partial charge is 0.322 e. The van der Waals surface area contributed by atoms with Crippen molar-refractivity contribution in [3.8, 4) is 0 Å². The van der Waals surface area contributed by atoms with E-state index >= 15 is 0 Å². The molecule has 0 aliphatic carbocycles. The van der Waals surface area contributed by atoms with Crippen molar-refractivity contribution in [2.75, 3.05) is 25.0 Å². The normalized spacial score (nSPS) is 18.0. The van der Waals surface area contributed by atoms with Crippen LogP contribution in [0.1, 0.15) is 30.1 Å². The Morgan fingerprint density at radius 3 is 2.83 bits per heavy atom. The van der Waals surface area contributed by atoms with Gasteiger partial charge in [0.1, 0.15) is 11.4 Å². The summed E-state index contributed by atoms with van der Waals surface area (Å²) in [7, 11) is 0. The van der Waals surface area contributed by atoms with Gasteiger partial charge < -0.3 is 24.0 Å². The number of nitrogens with zero attached hydrogens (tertiary/aromatic N) is 4. The highest BCUT2D eigenvalue weighted by molar-refractivity contribution is 5.90. The van der Waals surface area contributed by atoms with Crippen LogP contribution in [-0.4, -0.2) is 52.0 Å². The zero-order valence-electron chi connectivity index (χ0n) is 14.0. The van der Waals surface area contributed by atoms with Crippen molar-refractivity contribution in [1.82, 2.24) is 20.2 Å². The number of anilines is 1. The molecular weight excluding hydrogens is 314 g/mol. The number of urea groups is 1. The molecule has 1 atom stereocenters. The zero-order valence-corrected chi connectivity index (χ0v) is 14.0. The molecule has 3 rings (SSSR count). The van der Waals surface area contributed by atoms with Gasteiger partial charge in [-0.2, -0.15) is 4.98 Å². The van der Waals surface area contributed by atoms with Gasteiger partial charge in [0, 0.05) is 25.9 Å². The number of aryl methyl sites for hydroxylation is 3.